The molecule has 0 aliphatic heterocycles. The van der Waals surface area contributed by atoms with E-state index in [1.165, 1.54) is 0 Å². The summed E-state index contributed by atoms with van der Waals surface area (Å²) in [5.41, 5.74) is 4.54. The summed E-state index contributed by atoms with van der Waals surface area (Å²) in [6, 6.07) is 21.6. The van der Waals surface area contributed by atoms with Crippen molar-refractivity contribution in [1.29, 1.82) is 0 Å². The van der Waals surface area contributed by atoms with Gasteiger partial charge in [0.2, 0.25) is 0 Å². The summed E-state index contributed by atoms with van der Waals surface area (Å²) in [7, 11) is 0. The van der Waals surface area contributed by atoms with Crippen LogP contribution in [0, 0.1) is 0 Å². The summed E-state index contributed by atoms with van der Waals surface area (Å²) in [6.45, 7) is 0. The number of rotatable bonds is 3. The fraction of sp³-hybridized carbons (Fsp3) is 0. The largest absolute Gasteiger partial charge is 0.338 e. The molecule has 0 bridgehead atoms. The zero-order chi connectivity index (χ0) is 19.1. The van der Waals surface area contributed by atoms with Gasteiger partial charge in [-0.25, -0.2) is 9.97 Å². The number of fused-ring (bicyclic) bond motifs is 2. The molecule has 0 spiro atoms. The Morgan fingerprint density at radius 2 is 1.64 bits per heavy atom. The van der Waals surface area contributed by atoms with Gasteiger partial charge in [-0.05, 0) is 42.0 Å². The minimum absolute atomic E-state index is 0.513. The van der Waals surface area contributed by atoms with Gasteiger partial charge in [0.05, 0.1) is 36.9 Å². The molecule has 0 saturated heterocycles. The highest BCUT2D eigenvalue weighted by Crippen LogP contribution is 2.35. The summed E-state index contributed by atoms with van der Waals surface area (Å²) in [5, 5.41) is 1.90. The van der Waals surface area contributed by atoms with Crippen LogP contribution in [0.4, 0.5) is 0 Å². The van der Waals surface area contributed by atoms with Gasteiger partial charge in [-0.2, -0.15) is 0 Å². The maximum atomic E-state index is 6.45. The molecule has 0 fully saturated rings. The van der Waals surface area contributed by atoms with Crippen molar-refractivity contribution in [2.24, 2.45) is 0 Å². The molecular formula is C22H13Cl2N3S. The average Bonchev–Trinajstić information content (AvgIpc) is 3.32. The van der Waals surface area contributed by atoms with E-state index in [0.29, 0.717) is 10.0 Å². The molecule has 5 aromatic rings. The smallest absolute Gasteiger partial charge is 0.141 e. The molecule has 0 radical (unpaired) electrons. The minimum atomic E-state index is 0.513. The van der Waals surface area contributed by atoms with Gasteiger partial charge in [0.1, 0.15) is 10.8 Å². The van der Waals surface area contributed by atoms with Crippen molar-refractivity contribution in [3.63, 3.8) is 0 Å². The average molecular weight is 422 g/mol. The highest BCUT2D eigenvalue weighted by atomic mass is 35.5. The number of halogens is 2. The van der Waals surface area contributed by atoms with Crippen LogP contribution < -0.4 is 0 Å². The van der Waals surface area contributed by atoms with Crippen LogP contribution in [0.25, 0.3) is 32.9 Å². The van der Waals surface area contributed by atoms with Crippen molar-refractivity contribution in [3.8, 4) is 0 Å². The highest BCUT2D eigenvalue weighted by molar-refractivity contribution is 7.19. The van der Waals surface area contributed by atoms with Gasteiger partial charge in [-0.3, -0.25) is 0 Å². The van der Waals surface area contributed by atoms with Crippen LogP contribution in [0.15, 0.2) is 66.7 Å². The predicted molar refractivity (Wildman–Crippen MR) is 119 cm³/mol. The number of aromatic amines is 1. The molecule has 2 heterocycles. The summed E-state index contributed by atoms with van der Waals surface area (Å²) in [6.07, 6.45) is 1.99. The summed E-state index contributed by atoms with van der Waals surface area (Å²) >= 11 is 14.3. The number of nitrogens with one attached hydrogen (secondary N) is 1. The van der Waals surface area contributed by atoms with E-state index in [-0.39, 0.29) is 0 Å². The fourth-order valence-corrected chi connectivity index (χ4v) is 4.43. The Kier molecular flexibility index (Phi) is 4.40. The lowest BCUT2D eigenvalue weighted by atomic mass is 10.1. The van der Waals surface area contributed by atoms with E-state index in [0.717, 1.165) is 43.2 Å². The van der Waals surface area contributed by atoms with Gasteiger partial charge in [-0.1, -0.05) is 59.6 Å². The molecule has 3 aromatic carbocycles. The van der Waals surface area contributed by atoms with Crippen molar-refractivity contribution in [2.75, 3.05) is 0 Å². The van der Waals surface area contributed by atoms with E-state index in [4.69, 9.17) is 33.2 Å². The van der Waals surface area contributed by atoms with E-state index in [9.17, 15) is 0 Å². The number of benzene rings is 3. The quantitative estimate of drug-likeness (QED) is 0.338. The maximum absolute atomic E-state index is 6.45. The monoisotopic (exact) mass is 421 g/mol. The van der Waals surface area contributed by atoms with E-state index < -0.39 is 0 Å². The molecule has 5 rings (SSSR count). The topological polar surface area (TPSA) is 41.6 Å². The van der Waals surface area contributed by atoms with Crippen molar-refractivity contribution < 1.29 is 0 Å². The fourth-order valence-electron chi connectivity index (χ4n) is 3.09. The van der Waals surface area contributed by atoms with Crippen molar-refractivity contribution >= 4 is 67.4 Å². The Balaban J connectivity index is 1.76. The first kappa shape index (κ1) is 17.4. The standard InChI is InChI=1S/C22H13Cl2N3S/c23-15-7-5-6-13(20(15)24)12-14(21-25-16-8-1-2-9-17(16)26-21)22-27-18-10-3-4-11-19(18)28-22/h1-12H,(H,25,26). The number of para-hydroxylation sites is 3. The van der Waals surface area contributed by atoms with Crippen LogP contribution in [0.3, 0.4) is 0 Å². The zero-order valence-corrected chi connectivity index (χ0v) is 16.8. The maximum Gasteiger partial charge on any atom is 0.141 e. The number of hydrogen-bond acceptors (Lipinski definition) is 3. The first-order valence-electron chi connectivity index (χ1n) is 8.66. The number of nitrogens with zero attached hydrogens (tertiary/aromatic N) is 2. The van der Waals surface area contributed by atoms with Crippen LogP contribution in [-0.4, -0.2) is 15.0 Å². The Morgan fingerprint density at radius 3 is 2.46 bits per heavy atom. The first-order valence-corrected chi connectivity index (χ1v) is 10.2. The third-order valence-electron chi connectivity index (χ3n) is 4.45. The van der Waals surface area contributed by atoms with Gasteiger partial charge in [0, 0.05) is 0 Å². The minimum Gasteiger partial charge on any atom is -0.338 e. The van der Waals surface area contributed by atoms with Crippen LogP contribution in [0.5, 0.6) is 0 Å². The van der Waals surface area contributed by atoms with Crippen LogP contribution in [0.2, 0.25) is 10.0 Å². The number of imidazole rings is 1. The van der Waals surface area contributed by atoms with E-state index in [1.54, 1.807) is 17.4 Å². The van der Waals surface area contributed by atoms with Gasteiger partial charge < -0.3 is 4.98 Å². The number of H-pyrrole nitrogens is 1. The number of thiazole rings is 1. The summed E-state index contributed by atoms with van der Waals surface area (Å²) in [5.74, 6) is 0.747. The third-order valence-corrected chi connectivity index (χ3v) is 6.35. The lowest BCUT2D eigenvalue weighted by Crippen LogP contribution is -1.91. The van der Waals surface area contributed by atoms with Crippen LogP contribution >= 0.6 is 34.5 Å². The second kappa shape index (κ2) is 7.06. The van der Waals surface area contributed by atoms with Crippen molar-refractivity contribution in [3.05, 3.63) is 93.2 Å². The molecule has 28 heavy (non-hydrogen) atoms. The van der Waals surface area contributed by atoms with E-state index in [2.05, 4.69) is 11.1 Å². The second-order valence-corrected chi connectivity index (χ2v) is 8.11. The molecule has 3 nitrogen and oxygen atoms in total. The Hall–Kier alpha value is -2.66. The molecule has 0 atom stereocenters. The van der Waals surface area contributed by atoms with Crippen molar-refractivity contribution in [1.82, 2.24) is 15.0 Å². The normalized spacial score (nSPS) is 12.1. The Bertz CT molecular complexity index is 1210. The second-order valence-electron chi connectivity index (χ2n) is 6.29. The molecule has 0 amide bonds. The molecule has 1 N–H and O–H groups in total. The van der Waals surface area contributed by atoms with Gasteiger partial charge in [0.15, 0.2) is 0 Å². The van der Waals surface area contributed by atoms with Crippen LogP contribution in [-0.2, 0) is 0 Å². The lowest BCUT2D eigenvalue weighted by Gasteiger charge is -2.04. The zero-order valence-electron chi connectivity index (χ0n) is 14.5. The number of hydrogen-bond donors (Lipinski definition) is 1. The summed E-state index contributed by atoms with van der Waals surface area (Å²) < 4.78 is 1.12. The van der Waals surface area contributed by atoms with Crippen LogP contribution in [0.1, 0.15) is 16.4 Å². The Morgan fingerprint density at radius 1 is 0.857 bits per heavy atom. The number of aromatic nitrogens is 3. The lowest BCUT2D eigenvalue weighted by molar-refractivity contribution is 1.25. The van der Waals surface area contributed by atoms with Gasteiger partial charge in [0.25, 0.3) is 0 Å². The third kappa shape index (κ3) is 3.10. The SMILES string of the molecule is Clc1cccc(C=C(c2nc3ccccc3[nH]2)c2nc3ccccc3s2)c1Cl. The molecular weight excluding hydrogens is 409 g/mol. The Labute approximate surface area is 175 Å². The molecule has 0 aliphatic rings. The molecule has 0 saturated carbocycles. The molecule has 136 valence electrons. The molecule has 0 unspecified atom stereocenters. The first-order chi connectivity index (χ1) is 13.7. The van der Waals surface area contributed by atoms with Gasteiger partial charge >= 0.3 is 0 Å². The predicted octanol–water partition coefficient (Wildman–Crippen LogP) is 7.07. The molecule has 6 heteroatoms. The molecule has 0 aliphatic carbocycles. The highest BCUT2D eigenvalue weighted by Gasteiger charge is 2.16. The molecule has 2 aromatic heterocycles. The van der Waals surface area contributed by atoms with E-state index >= 15 is 0 Å². The summed E-state index contributed by atoms with van der Waals surface area (Å²) in [4.78, 5) is 13.0. The van der Waals surface area contributed by atoms with Crippen molar-refractivity contribution in [2.45, 2.75) is 0 Å². The van der Waals surface area contributed by atoms with E-state index in [1.807, 2.05) is 60.7 Å². The van der Waals surface area contributed by atoms with Gasteiger partial charge in [-0.15, -0.1) is 11.3 Å².